The fourth-order valence-corrected chi connectivity index (χ4v) is 1.93. The Kier molecular flexibility index (Phi) is 2.49. The SMILES string of the molecule is Cc1c(C=O)c2cc(C(F)(F)F)ccc2n1C. The number of rotatable bonds is 1. The molecule has 0 N–H and O–H groups in total. The first-order valence-corrected chi connectivity index (χ1v) is 4.97. The number of hydrogen-bond donors (Lipinski definition) is 0. The molecule has 0 aliphatic rings. The molecule has 90 valence electrons. The van der Waals surface area contributed by atoms with E-state index >= 15 is 0 Å². The Hall–Kier alpha value is -1.78. The van der Waals surface area contributed by atoms with Crippen molar-refractivity contribution in [1.29, 1.82) is 0 Å². The van der Waals surface area contributed by atoms with E-state index in [-0.39, 0.29) is 0 Å². The highest BCUT2D eigenvalue weighted by Crippen LogP contribution is 2.33. The van der Waals surface area contributed by atoms with Gasteiger partial charge in [-0.25, -0.2) is 0 Å². The van der Waals surface area contributed by atoms with Crippen LogP contribution in [-0.2, 0) is 13.2 Å². The van der Waals surface area contributed by atoms with Crippen LogP contribution in [0.3, 0.4) is 0 Å². The van der Waals surface area contributed by atoms with Crippen molar-refractivity contribution in [1.82, 2.24) is 4.57 Å². The van der Waals surface area contributed by atoms with E-state index in [0.717, 1.165) is 12.1 Å². The third-order valence-electron chi connectivity index (χ3n) is 2.99. The molecule has 1 aromatic carbocycles. The Morgan fingerprint density at radius 1 is 1.29 bits per heavy atom. The van der Waals surface area contributed by atoms with Crippen LogP contribution in [0.1, 0.15) is 21.6 Å². The Morgan fingerprint density at radius 2 is 1.94 bits per heavy atom. The van der Waals surface area contributed by atoms with Crippen LogP contribution in [0.25, 0.3) is 10.9 Å². The van der Waals surface area contributed by atoms with Gasteiger partial charge in [-0.2, -0.15) is 13.2 Å². The van der Waals surface area contributed by atoms with Gasteiger partial charge in [0, 0.05) is 29.2 Å². The van der Waals surface area contributed by atoms with Crippen LogP contribution in [0.15, 0.2) is 18.2 Å². The van der Waals surface area contributed by atoms with Gasteiger partial charge in [0.25, 0.3) is 0 Å². The Labute approximate surface area is 95.7 Å². The molecule has 0 radical (unpaired) electrons. The predicted octanol–water partition coefficient (Wildman–Crippen LogP) is 3.32. The number of benzene rings is 1. The largest absolute Gasteiger partial charge is 0.416 e. The van der Waals surface area contributed by atoms with Crippen LogP contribution in [0.4, 0.5) is 13.2 Å². The number of aldehydes is 1. The van der Waals surface area contributed by atoms with Gasteiger partial charge in [0.15, 0.2) is 6.29 Å². The highest BCUT2D eigenvalue weighted by Gasteiger charge is 2.31. The summed E-state index contributed by atoms with van der Waals surface area (Å²) in [6.07, 6.45) is -3.80. The van der Waals surface area contributed by atoms with Crippen LogP contribution in [0.2, 0.25) is 0 Å². The monoisotopic (exact) mass is 241 g/mol. The van der Waals surface area contributed by atoms with E-state index in [1.54, 1.807) is 18.5 Å². The summed E-state index contributed by atoms with van der Waals surface area (Å²) in [5.41, 5.74) is 0.860. The van der Waals surface area contributed by atoms with E-state index < -0.39 is 11.7 Å². The fourth-order valence-electron chi connectivity index (χ4n) is 1.93. The van der Waals surface area contributed by atoms with Crippen LogP contribution in [0.5, 0.6) is 0 Å². The first-order valence-electron chi connectivity index (χ1n) is 4.97. The van der Waals surface area contributed by atoms with E-state index in [4.69, 9.17) is 0 Å². The first kappa shape index (κ1) is 11.7. The molecule has 0 saturated carbocycles. The summed E-state index contributed by atoms with van der Waals surface area (Å²) in [7, 11) is 1.72. The zero-order valence-corrected chi connectivity index (χ0v) is 9.30. The van der Waals surface area contributed by atoms with Crippen molar-refractivity contribution in [3.05, 3.63) is 35.0 Å². The quantitative estimate of drug-likeness (QED) is 0.702. The summed E-state index contributed by atoms with van der Waals surface area (Å²) < 4.78 is 39.4. The average molecular weight is 241 g/mol. The van der Waals surface area contributed by atoms with Crippen molar-refractivity contribution >= 4 is 17.2 Å². The van der Waals surface area contributed by atoms with E-state index in [1.807, 2.05) is 0 Å². The van der Waals surface area contributed by atoms with Gasteiger partial charge in [-0.1, -0.05) is 0 Å². The Morgan fingerprint density at radius 3 is 2.47 bits per heavy atom. The minimum atomic E-state index is -4.39. The number of carbonyl (C=O) groups excluding carboxylic acids is 1. The van der Waals surface area contributed by atoms with E-state index in [1.165, 1.54) is 6.07 Å². The molecule has 5 heteroatoms. The molecule has 0 fully saturated rings. The number of hydrogen-bond acceptors (Lipinski definition) is 1. The Balaban J connectivity index is 2.81. The van der Waals surface area contributed by atoms with Gasteiger partial charge in [-0.3, -0.25) is 4.79 Å². The minimum absolute atomic E-state index is 0.314. The summed E-state index contributed by atoms with van der Waals surface area (Å²) in [6.45, 7) is 1.71. The second-order valence-corrected chi connectivity index (χ2v) is 3.91. The lowest BCUT2D eigenvalue weighted by Gasteiger charge is -2.06. The fraction of sp³-hybridized carbons (Fsp3) is 0.250. The van der Waals surface area contributed by atoms with Gasteiger partial charge < -0.3 is 4.57 Å². The molecular weight excluding hydrogens is 231 g/mol. The molecule has 0 spiro atoms. The van der Waals surface area contributed by atoms with Gasteiger partial charge in [0.2, 0.25) is 0 Å². The number of fused-ring (bicyclic) bond motifs is 1. The smallest absolute Gasteiger partial charge is 0.347 e. The van der Waals surface area contributed by atoms with Gasteiger partial charge in [-0.15, -0.1) is 0 Å². The standard InChI is InChI=1S/C12H10F3NO/c1-7-10(6-17)9-5-8(12(13,14)15)3-4-11(9)16(7)2/h3-6H,1-2H3. The zero-order valence-electron chi connectivity index (χ0n) is 9.30. The molecule has 0 amide bonds. The lowest BCUT2D eigenvalue weighted by atomic mass is 10.1. The molecule has 0 saturated heterocycles. The number of aromatic nitrogens is 1. The number of alkyl halides is 3. The molecule has 2 nitrogen and oxygen atoms in total. The molecule has 2 rings (SSSR count). The molecule has 0 atom stereocenters. The third kappa shape index (κ3) is 1.71. The van der Waals surface area contributed by atoms with Crippen LogP contribution in [-0.4, -0.2) is 10.9 Å². The highest BCUT2D eigenvalue weighted by molar-refractivity contribution is 5.99. The summed E-state index contributed by atoms with van der Waals surface area (Å²) in [5, 5.41) is 0.342. The summed E-state index contributed by atoms with van der Waals surface area (Å²) in [5.74, 6) is 0. The lowest BCUT2D eigenvalue weighted by Crippen LogP contribution is -2.04. The lowest BCUT2D eigenvalue weighted by molar-refractivity contribution is -0.137. The topological polar surface area (TPSA) is 22.0 Å². The maximum absolute atomic E-state index is 12.6. The first-order chi connectivity index (χ1) is 7.86. The van der Waals surface area contributed by atoms with Crippen molar-refractivity contribution in [2.75, 3.05) is 0 Å². The molecule has 0 unspecified atom stereocenters. The molecular formula is C12H10F3NO. The molecule has 0 aliphatic heterocycles. The molecule has 17 heavy (non-hydrogen) atoms. The van der Waals surface area contributed by atoms with E-state index in [2.05, 4.69) is 0 Å². The molecule has 0 bridgehead atoms. The predicted molar refractivity (Wildman–Crippen MR) is 58.0 cm³/mol. The average Bonchev–Trinajstić information content (AvgIpc) is 2.50. The summed E-state index contributed by atoms with van der Waals surface area (Å²) in [4.78, 5) is 10.9. The molecule has 0 aliphatic carbocycles. The van der Waals surface area contributed by atoms with Crippen LogP contribution >= 0.6 is 0 Å². The molecule has 2 aromatic rings. The maximum atomic E-state index is 12.6. The van der Waals surface area contributed by atoms with Crippen molar-refractivity contribution in [2.45, 2.75) is 13.1 Å². The maximum Gasteiger partial charge on any atom is 0.416 e. The van der Waals surface area contributed by atoms with Crippen molar-refractivity contribution in [3.8, 4) is 0 Å². The van der Waals surface area contributed by atoms with Crippen molar-refractivity contribution < 1.29 is 18.0 Å². The van der Waals surface area contributed by atoms with Crippen molar-refractivity contribution in [2.24, 2.45) is 7.05 Å². The summed E-state index contributed by atoms with van der Waals surface area (Å²) in [6, 6.07) is 3.43. The molecule has 1 heterocycles. The van der Waals surface area contributed by atoms with Gasteiger partial charge >= 0.3 is 6.18 Å². The van der Waals surface area contributed by atoms with Gasteiger partial charge in [-0.05, 0) is 25.1 Å². The van der Waals surface area contributed by atoms with E-state index in [9.17, 15) is 18.0 Å². The normalized spacial score (nSPS) is 12.1. The number of halogens is 3. The van der Waals surface area contributed by atoms with E-state index in [0.29, 0.717) is 28.4 Å². The number of aryl methyl sites for hydroxylation is 1. The minimum Gasteiger partial charge on any atom is -0.347 e. The number of carbonyl (C=O) groups is 1. The highest BCUT2D eigenvalue weighted by atomic mass is 19.4. The van der Waals surface area contributed by atoms with Crippen LogP contribution in [0, 0.1) is 6.92 Å². The second kappa shape index (κ2) is 3.61. The second-order valence-electron chi connectivity index (χ2n) is 3.91. The molecule has 1 aromatic heterocycles. The van der Waals surface area contributed by atoms with Crippen molar-refractivity contribution in [3.63, 3.8) is 0 Å². The van der Waals surface area contributed by atoms with Gasteiger partial charge in [0.1, 0.15) is 0 Å². The Bertz CT molecular complexity index is 596. The third-order valence-corrected chi connectivity index (χ3v) is 2.99. The van der Waals surface area contributed by atoms with Gasteiger partial charge in [0.05, 0.1) is 5.56 Å². The van der Waals surface area contributed by atoms with Crippen LogP contribution < -0.4 is 0 Å². The summed E-state index contributed by atoms with van der Waals surface area (Å²) >= 11 is 0. The zero-order chi connectivity index (χ0) is 12.8. The number of nitrogens with zero attached hydrogens (tertiary/aromatic N) is 1.